The van der Waals surface area contributed by atoms with E-state index in [1.165, 1.54) is 12.8 Å². The summed E-state index contributed by atoms with van der Waals surface area (Å²) >= 11 is 0. The van der Waals surface area contributed by atoms with Gasteiger partial charge in [0.05, 0.1) is 6.54 Å². The third-order valence-electron chi connectivity index (χ3n) is 4.51. The molecule has 0 aliphatic heterocycles. The number of anilines is 1. The van der Waals surface area contributed by atoms with Crippen molar-refractivity contribution in [3.8, 4) is 0 Å². The van der Waals surface area contributed by atoms with Gasteiger partial charge in [0.2, 0.25) is 0 Å². The molecular formula is C16H23N5O3. The molecule has 1 heterocycles. The predicted octanol–water partition coefficient (Wildman–Crippen LogP) is 1.23. The van der Waals surface area contributed by atoms with Gasteiger partial charge in [-0.15, -0.1) is 0 Å². The highest BCUT2D eigenvalue weighted by molar-refractivity contribution is 5.88. The first kappa shape index (κ1) is 16.6. The molecule has 0 unspecified atom stereocenters. The molecular weight excluding hydrogens is 310 g/mol. The molecule has 0 atom stereocenters. The van der Waals surface area contributed by atoms with Crippen LogP contribution in [0.4, 0.5) is 10.6 Å². The fraction of sp³-hybridized carbons (Fsp3) is 0.625. The number of urea groups is 1. The van der Waals surface area contributed by atoms with Gasteiger partial charge < -0.3 is 10.4 Å². The van der Waals surface area contributed by atoms with Crippen molar-refractivity contribution in [1.29, 1.82) is 0 Å². The van der Waals surface area contributed by atoms with E-state index >= 15 is 0 Å². The zero-order chi connectivity index (χ0) is 17.1. The topological polar surface area (TPSA) is 107 Å². The second-order valence-corrected chi connectivity index (χ2v) is 6.68. The van der Waals surface area contributed by atoms with E-state index < -0.39 is 5.97 Å². The van der Waals surface area contributed by atoms with Crippen molar-refractivity contribution in [2.75, 3.05) is 18.4 Å². The number of aliphatic carboxylic acids is 1. The molecule has 3 rings (SSSR count). The first-order valence-corrected chi connectivity index (χ1v) is 8.32. The first-order valence-electron chi connectivity index (χ1n) is 8.32. The number of carbonyl (C=O) groups is 2. The van der Waals surface area contributed by atoms with E-state index in [1.54, 1.807) is 19.2 Å². The molecule has 2 fully saturated rings. The van der Waals surface area contributed by atoms with Gasteiger partial charge in [0.1, 0.15) is 11.6 Å². The lowest BCUT2D eigenvalue weighted by atomic mass is 9.85. The third-order valence-corrected chi connectivity index (χ3v) is 4.51. The Morgan fingerprint density at radius 2 is 2.12 bits per heavy atom. The lowest BCUT2D eigenvalue weighted by Gasteiger charge is -2.42. The zero-order valence-corrected chi connectivity index (χ0v) is 13.7. The lowest BCUT2D eigenvalue weighted by Crippen LogP contribution is -2.55. The molecule has 24 heavy (non-hydrogen) atoms. The van der Waals surface area contributed by atoms with E-state index in [1.807, 2.05) is 4.90 Å². The van der Waals surface area contributed by atoms with Crippen LogP contribution in [0.3, 0.4) is 0 Å². The molecule has 130 valence electrons. The van der Waals surface area contributed by atoms with E-state index in [4.69, 9.17) is 5.11 Å². The van der Waals surface area contributed by atoms with E-state index in [9.17, 15) is 9.59 Å². The Morgan fingerprint density at radius 3 is 2.75 bits per heavy atom. The molecule has 0 radical (unpaired) electrons. The summed E-state index contributed by atoms with van der Waals surface area (Å²) < 4.78 is 0. The summed E-state index contributed by atoms with van der Waals surface area (Å²) in [6.07, 6.45) is 5.57. The van der Waals surface area contributed by atoms with Gasteiger partial charge in [-0.1, -0.05) is 0 Å². The number of aryl methyl sites for hydroxylation is 1. The van der Waals surface area contributed by atoms with Crippen molar-refractivity contribution in [3.63, 3.8) is 0 Å². The van der Waals surface area contributed by atoms with Crippen LogP contribution < -0.4 is 10.6 Å². The highest BCUT2D eigenvalue weighted by Crippen LogP contribution is 2.33. The van der Waals surface area contributed by atoms with E-state index in [2.05, 4.69) is 20.6 Å². The minimum atomic E-state index is -0.788. The lowest BCUT2D eigenvalue weighted by molar-refractivity contribution is -0.139. The van der Waals surface area contributed by atoms with Crippen LogP contribution >= 0.6 is 0 Å². The van der Waals surface area contributed by atoms with Crippen LogP contribution in [0.1, 0.15) is 31.5 Å². The Balaban J connectivity index is 1.43. The predicted molar refractivity (Wildman–Crippen MR) is 87.7 cm³/mol. The summed E-state index contributed by atoms with van der Waals surface area (Å²) in [5.41, 5.74) is 0. The Hall–Kier alpha value is -2.22. The Labute approximate surface area is 140 Å². The number of nitrogens with zero attached hydrogens (tertiary/aromatic N) is 3. The number of carboxylic acids is 1. The Bertz CT molecular complexity index is 613. The van der Waals surface area contributed by atoms with Crippen molar-refractivity contribution >= 4 is 17.8 Å². The zero-order valence-electron chi connectivity index (χ0n) is 13.7. The van der Waals surface area contributed by atoms with Gasteiger partial charge in [0.15, 0.2) is 0 Å². The maximum absolute atomic E-state index is 12.0. The fourth-order valence-electron chi connectivity index (χ4n) is 3.02. The van der Waals surface area contributed by atoms with Crippen molar-refractivity contribution in [1.82, 2.24) is 20.2 Å². The van der Waals surface area contributed by atoms with Gasteiger partial charge in [-0.25, -0.2) is 14.8 Å². The maximum Gasteiger partial charge on any atom is 0.320 e. The van der Waals surface area contributed by atoms with Gasteiger partial charge >= 0.3 is 12.0 Å². The third kappa shape index (κ3) is 4.64. The number of carbonyl (C=O) groups excluding carboxylic acids is 1. The summed E-state index contributed by atoms with van der Waals surface area (Å²) in [5, 5.41) is 14.6. The molecule has 2 aliphatic rings. The smallest absolute Gasteiger partial charge is 0.320 e. The summed E-state index contributed by atoms with van der Waals surface area (Å²) in [6, 6.07) is 1.67. The molecule has 1 aromatic rings. The van der Waals surface area contributed by atoms with Crippen LogP contribution in [0.2, 0.25) is 0 Å². The monoisotopic (exact) mass is 333 g/mol. The summed E-state index contributed by atoms with van der Waals surface area (Å²) in [7, 11) is 0. The molecule has 1 aromatic heterocycles. The highest BCUT2D eigenvalue weighted by atomic mass is 16.4. The molecule has 2 aliphatic carbocycles. The molecule has 3 N–H and O–H groups in total. The highest BCUT2D eigenvalue weighted by Gasteiger charge is 2.37. The molecule has 0 aromatic carbocycles. The standard InChI is InChI=1S/C16H23N5O3/c1-10-17-5-4-14(18-10)20-16(24)19-12-6-13(7-12)21(9-15(22)23)8-11-2-3-11/h4-5,11-13H,2-3,6-9H2,1H3,(H,22,23)(H2,17,18,19,20,24). The number of aromatic nitrogens is 2. The van der Waals surface area contributed by atoms with Crippen LogP contribution in [-0.4, -0.2) is 57.1 Å². The number of carboxylic acid groups (broad SMARTS) is 1. The SMILES string of the molecule is Cc1nccc(NC(=O)NC2CC(N(CC(=O)O)CC3CC3)C2)n1. The van der Waals surface area contributed by atoms with Gasteiger partial charge in [0, 0.05) is 24.8 Å². The molecule has 8 nitrogen and oxygen atoms in total. The van der Waals surface area contributed by atoms with Crippen LogP contribution in [0.25, 0.3) is 0 Å². The maximum atomic E-state index is 12.0. The van der Waals surface area contributed by atoms with E-state index in [-0.39, 0.29) is 24.7 Å². The minimum Gasteiger partial charge on any atom is -0.480 e. The van der Waals surface area contributed by atoms with Crippen molar-refractivity contribution in [2.24, 2.45) is 5.92 Å². The van der Waals surface area contributed by atoms with Crippen LogP contribution in [0.5, 0.6) is 0 Å². The normalized spacial score (nSPS) is 22.8. The summed E-state index contributed by atoms with van der Waals surface area (Å²) in [4.78, 5) is 33.1. The Kier molecular flexibility index (Phi) is 4.94. The van der Waals surface area contributed by atoms with Gasteiger partial charge in [-0.2, -0.15) is 0 Å². The van der Waals surface area contributed by atoms with E-state index in [0.29, 0.717) is 17.6 Å². The largest absolute Gasteiger partial charge is 0.480 e. The van der Waals surface area contributed by atoms with Crippen molar-refractivity contribution in [2.45, 2.75) is 44.7 Å². The number of hydrogen-bond donors (Lipinski definition) is 3. The summed E-state index contributed by atoms with van der Waals surface area (Å²) in [6.45, 7) is 2.70. The van der Waals surface area contributed by atoms with Gasteiger partial charge in [0.25, 0.3) is 0 Å². The average Bonchev–Trinajstić information content (AvgIpc) is 3.25. The molecule has 0 bridgehead atoms. The van der Waals surface area contributed by atoms with E-state index in [0.717, 1.165) is 19.4 Å². The second-order valence-electron chi connectivity index (χ2n) is 6.68. The minimum absolute atomic E-state index is 0.0773. The number of amides is 2. The molecule has 0 spiro atoms. The Morgan fingerprint density at radius 1 is 1.38 bits per heavy atom. The van der Waals surface area contributed by atoms with Crippen LogP contribution in [0.15, 0.2) is 12.3 Å². The average molecular weight is 333 g/mol. The fourth-order valence-corrected chi connectivity index (χ4v) is 3.02. The number of hydrogen-bond acceptors (Lipinski definition) is 5. The molecule has 2 amide bonds. The van der Waals surface area contributed by atoms with Crippen molar-refractivity contribution in [3.05, 3.63) is 18.1 Å². The number of rotatable bonds is 7. The van der Waals surface area contributed by atoms with Gasteiger partial charge in [-0.3, -0.25) is 15.0 Å². The molecule has 0 saturated heterocycles. The van der Waals surface area contributed by atoms with Crippen LogP contribution in [0, 0.1) is 12.8 Å². The van der Waals surface area contributed by atoms with Crippen LogP contribution in [-0.2, 0) is 4.79 Å². The van der Waals surface area contributed by atoms with Gasteiger partial charge in [-0.05, 0) is 44.6 Å². The second kappa shape index (κ2) is 7.12. The van der Waals surface area contributed by atoms with Crippen molar-refractivity contribution < 1.29 is 14.7 Å². The quantitative estimate of drug-likeness (QED) is 0.693. The first-order chi connectivity index (χ1) is 11.5. The molecule has 8 heteroatoms. The molecule has 2 saturated carbocycles. The summed E-state index contributed by atoms with van der Waals surface area (Å²) in [5.74, 6) is 0.933. The number of nitrogens with one attached hydrogen (secondary N) is 2.